The smallest absolute Gasteiger partial charge is 0.261 e. The summed E-state index contributed by atoms with van der Waals surface area (Å²) in [5.41, 5.74) is 1.13. The minimum atomic E-state index is 0.135. The normalized spacial score (nSPS) is 27.4. The van der Waals surface area contributed by atoms with Crippen LogP contribution in [0.25, 0.3) is 0 Å². The van der Waals surface area contributed by atoms with E-state index in [1.165, 1.54) is 12.8 Å². The lowest BCUT2D eigenvalue weighted by atomic mass is 9.86. The molecule has 0 radical (unpaired) electrons. The second-order valence-electron chi connectivity index (χ2n) is 5.83. The largest absolute Gasteiger partial charge is 0.483 e. The summed E-state index contributed by atoms with van der Waals surface area (Å²) in [5, 5.41) is 0. The van der Waals surface area contributed by atoms with Crippen molar-refractivity contribution in [2.75, 3.05) is 6.61 Å². The zero-order valence-corrected chi connectivity index (χ0v) is 11.5. The highest BCUT2D eigenvalue weighted by Gasteiger charge is 2.30. The molecule has 0 saturated heterocycles. The van der Waals surface area contributed by atoms with Gasteiger partial charge in [-0.2, -0.15) is 0 Å². The molecule has 102 valence electrons. The van der Waals surface area contributed by atoms with Crippen LogP contribution in [-0.4, -0.2) is 23.5 Å². The highest BCUT2D eigenvalue weighted by molar-refractivity contribution is 5.79. The molecule has 0 bridgehead atoms. The summed E-state index contributed by atoms with van der Waals surface area (Å²) in [4.78, 5) is 14.3. The monoisotopic (exact) mass is 259 g/mol. The highest BCUT2D eigenvalue weighted by Crippen LogP contribution is 2.31. The summed E-state index contributed by atoms with van der Waals surface area (Å²) in [6.45, 7) is 3.19. The first-order valence-corrected chi connectivity index (χ1v) is 7.24. The summed E-state index contributed by atoms with van der Waals surface area (Å²) in [6.07, 6.45) is 4.73. The van der Waals surface area contributed by atoms with E-state index in [1.54, 1.807) is 0 Å². The topological polar surface area (TPSA) is 29.5 Å². The molecule has 3 rings (SSSR count). The number of carbonyl (C=O) groups excluding carboxylic acids is 1. The second kappa shape index (κ2) is 5.24. The molecule has 1 aromatic carbocycles. The van der Waals surface area contributed by atoms with Crippen LogP contribution in [0.1, 0.15) is 38.2 Å². The van der Waals surface area contributed by atoms with E-state index < -0.39 is 0 Å². The fraction of sp³-hybridized carbons (Fsp3) is 0.562. The molecule has 0 atom stereocenters. The molecule has 1 aliphatic carbocycles. The van der Waals surface area contributed by atoms with Crippen LogP contribution in [0.2, 0.25) is 0 Å². The standard InChI is InChI=1S/C16H21NO2/c1-12-6-8-14(9-7-12)17-10-13-4-2-3-5-15(13)19-11-16(17)18/h2-5,12,14H,6-11H2,1H3. The molecule has 3 heteroatoms. The summed E-state index contributed by atoms with van der Waals surface area (Å²) >= 11 is 0. The average Bonchev–Trinajstić information content (AvgIpc) is 2.60. The van der Waals surface area contributed by atoms with Crippen LogP contribution in [0.5, 0.6) is 5.75 Å². The Labute approximate surface area is 114 Å². The van der Waals surface area contributed by atoms with Gasteiger partial charge in [0.05, 0.1) is 0 Å². The van der Waals surface area contributed by atoms with E-state index in [2.05, 4.69) is 13.0 Å². The molecule has 0 N–H and O–H groups in total. The number of para-hydroxylation sites is 1. The summed E-state index contributed by atoms with van der Waals surface area (Å²) in [5.74, 6) is 1.81. The van der Waals surface area contributed by atoms with Gasteiger partial charge in [0.2, 0.25) is 0 Å². The van der Waals surface area contributed by atoms with Crippen molar-refractivity contribution in [2.45, 2.75) is 45.2 Å². The number of hydrogen-bond donors (Lipinski definition) is 0. The zero-order chi connectivity index (χ0) is 13.2. The number of nitrogens with zero attached hydrogens (tertiary/aromatic N) is 1. The van der Waals surface area contributed by atoms with E-state index in [1.807, 2.05) is 23.1 Å². The van der Waals surface area contributed by atoms with Crippen molar-refractivity contribution >= 4 is 5.91 Å². The lowest BCUT2D eigenvalue weighted by Crippen LogP contribution is -2.42. The van der Waals surface area contributed by atoms with E-state index in [0.29, 0.717) is 12.6 Å². The molecule has 1 fully saturated rings. The van der Waals surface area contributed by atoms with Crippen LogP contribution < -0.4 is 4.74 Å². The molecule has 1 heterocycles. The Hall–Kier alpha value is -1.51. The predicted octanol–water partition coefficient (Wildman–Crippen LogP) is 2.99. The first kappa shape index (κ1) is 12.5. The second-order valence-corrected chi connectivity index (χ2v) is 5.83. The summed E-state index contributed by atoms with van der Waals surface area (Å²) in [6, 6.07) is 8.39. The number of carbonyl (C=O) groups is 1. The van der Waals surface area contributed by atoms with Gasteiger partial charge in [0.1, 0.15) is 5.75 Å². The maximum Gasteiger partial charge on any atom is 0.261 e. The first-order valence-electron chi connectivity index (χ1n) is 7.24. The van der Waals surface area contributed by atoms with E-state index in [9.17, 15) is 4.79 Å². The molecule has 1 saturated carbocycles. The van der Waals surface area contributed by atoms with E-state index in [4.69, 9.17) is 4.74 Å². The summed E-state index contributed by atoms with van der Waals surface area (Å²) in [7, 11) is 0. The Morgan fingerprint density at radius 1 is 1.16 bits per heavy atom. The van der Waals surface area contributed by atoms with Crippen LogP contribution in [-0.2, 0) is 11.3 Å². The molecule has 0 unspecified atom stereocenters. The SMILES string of the molecule is CC1CCC(N2Cc3ccccc3OCC2=O)CC1. The molecular formula is C16H21NO2. The molecule has 1 aromatic rings. The van der Waals surface area contributed by atoms with E-state index >= 15 is 0 Å². The van der Waals surface area contributed by atoms with Gasteiger partial charge in [-0.25, -0.2) is 0 Å². The molecule has 0 aromatic heterocycles. The van der Waals surface area contributed by atoms with Crippen molar-refractivity contribution in [1.29, 1.82) is 0 Å². The minimum Gasteiger partial charge on any atom is -0.483 e. The lowest BCUT2D eigenvalue weighted by molar-refractivity contribution is -0.136. The number of rotatable bonds is 1. The Kier molecular flexibility index (Phi) is 3.45. The van der Waals surface area contributed by atoms with Gasteiger partial charge in [-0.15, -0.1) is 0 Å². The van der Waals surface area contributed by atoms with Gasteiger partial charge in [0, 0.05) is 18.2 Å². The van der Waals surface area contributed by atoms with Crippen LogP contribution in [0.3, 0.4) is 0 Å². The molecule has 1 aliphatic heterocycles. The maximum absolute atomic E-state index is 12.3. The number of amides is 1. The molecule has 2 aliphatic rings. The van der Waals surface area contributed by atoms with Crippen molar-refractivity contribution in [2.24, 2.45) is 5.92 Å². The van der Waals surface area contributed by atoms with Crippen LogP contribution in [0.4, 0.5) is 0 Å². The third kappa shape index (κ3) is 2.60. The fourth-order valence-corrected chi connectivity index (χ4v) is 3.16. The Morgan fingerprint density at radius 3 is 2.68 bits per heavy atom. The maximum atomic E-state index is 12.3. The number of ether oxygens (including phenoxy) is 1. The van der Waals surface area contributed by atoms with Gasteiger partial charge in [-0.05, 0) is 37.7 Å². The third-order valence-electron chi connectivity index (χ3n) is 4.41. The number of fused-ring (bicyclic) bond motifs is 1. The van der Waals surface area contributed by atoms with Gasteiger partial charge >= 0.3 is 0 Å². The molecule has 3 nitrogen and oxygen atoms in total. The zero-order valence-electron chi connectivity index (χ0n) is 11.5. The molecule has 1 amide bonds. The van der Waals surface area contributed by atoms with Crippen molar-refractivity contribution in [3.63, 3.8) is 0 Å². The van der Waals surface area contributed by atoms with Gasteiger partial charge in [-0.3, -0.25) is 4.79 Å². The Bertz CT molecular complexity index is 464. The Balaban J connectivity index is 1.79. The molecule has 19 heavy (non-hydrogen) atoms. The van der Waals surface area contributed by atoms with Crippen molar-refractivity contribution < 1.29 is 9.53 Å². The van der Waals surface area contributed by atoms with Crippen LogP contribution in [0.15, 0.2) is 24.3 Å². The van der Waals surface area contributed by atoms with Gasteiger partial charge in [0.15, 0.2) is 6.61 Å². The van der Waals surface area contributed by atoms with Crippen molar-refractivity contribution in [1.82, 2.24) is 4.90 Å². The van der Waals surface area contributed by atoms with Crippen molar-refractivity contribution in [3.8, 4) is 5.75 Å². The molecule has 0 spiro atoms. The minimum absolute atomic E-state index is 0.135. The Morgan fingerprint density at radius 2 is 1.89 bits per heavy atom. The first-order chi connectivity index (χ1) is 9.24. The molecular weight excluding hydrogens is 238 g/mol. The van der Waals surface area contributed by atoms with Crippen molar-refractivity contribution in [3.05, 3.63) is 29.8 Å². The van der Waals surface area contributed by atoms with Gasteiger partial charge < -0.3 is 9.64 Å². The van der Waals surface area contributed by atoms with E-state index in [0.717, 1.165) is 30.1 Å². The number of hydrogen-bond acceptors (Lipinski definition) is 2. The van der Waals surface area contributed by atoms with Crippen LogP contribution >= 0.6 is 0 Å². The van der Waals surface area contributed by atoms with E-state index in [-0.39, 0.29) is 12.5 Å². The van der Waals surface area contributed by atoms with Gasteiger partial charge in [-0.1, -0.05) is 25.1 Å². The quantitative estimate of drug-likeness (QED) is 0.776. The highest BCUT2D eigenvalue weighted by atomic mass is 16.5. The lowest BCUT2D eigenvalue weighted by Gasteiger charge is -2.35. The predicted molar refractivity (Wildman–Crippen MR) is 73.9 cm³/mol. The van der Waals surface area contributed by atoms with Gasteiger partial charge in [0.25, 0.3) is 5.91 Å². The summed E-state index contributed by atoms with van der Waals surface area (Å²) < 4.78 is 5.61. The fourth-order valence-electron chi connectivity index (χ4n) is 3.16. The third-order valence-corrected chi connectivity index (χ3v) is 4.41. The van der Waals surface area contributed by atoms with Crippen LogP contribution in [0, 0.1) is 5.92 Å². The average molecular weight is 259 g/mol. The number of benzene rings is 1.